The van der Waals surface area contributed by atoms with Crippen LogP contribution in [0.25, 0.3) is 16.8 Å². The first-order chi connectivity index (χ1) is 8.43. The van der Waals surface area contributed by atoms with E-state index in [1.54, 1.807) is 6.20 Å². The average Bonchev–Trinajstić information content (AvgIpc) is 3.08. The number of rotatable bonds is 1. The molecule has 0 amide bonds. The molecule has 0 aromatic carbocycles. The number of aromatic amines is 1. The Labute approximate surface area is 97.3 Å². The molecule has 3 aromatic heterocycles. The van der Waals surface area contributed by atoms with Crippen molar-refractivity contribution in [2.45, 2.75) is 12.8 Å². The summed E-state index contributed by atoms with van der Waals surface area (Å²) in [6.45, 7) is 2.13. The number of hydrogen-bond acceptors (Lipinski definition) is 4. The number of nitrogens with one attached hydrogen (secondary N) is 1. The van der Waals surface area contributed by atoms with Gasteiger partial charge in [-0.1, -0.05) is 0 Å². The highest BCUT2D eigenvalue weighted by Gasteiger charge is 2.19. The van der Waals surface area contributed by atoms with E-state index in [1.807, 2.05) is 12.3 Å². The first kappa shape index (κ1) is 8.98. The molecule has 0 saturated carbocycles. The van der Waals surface area contributed by atoms with E-state index >= 15 is 0 Å². The van der Waals surface area contributed by atoms with E-state index in [0.717, 1.165) is 35.8 Å². The predicted octanol–water partition coefficient (Wildman–Crippen LogP) is 1.21. The lowest BCUT2D eigenvalue weighted by atomic mass is 10.4. The van der Waals surface area contributed by atoms with Crippen molar-refractivity contribution in [3.63, 3.8) is 0 Å². The summed E-state index contributed by atoms with van der Waals surface area (Å²) in [5.74, 6) is 0.935. The number of nitrogens with zero attached hydrogens (tertiary/aromatic N) is 5. The maximum atomic E-state index is 4.31. The second-order valence-electron chi connectivity index (χ2n) is 4.36. The first-order valence-corrected chi connectivity index (χ1v) is 5.86. The van der Waals surface area contributed by atoms with Crippen molar-refractivity contribution in [2.75, 3.05) is 18.0 Å². The van der Waals surface area contributed by atoms with Crippen molar-refractivity contribution in [3.8, 4) is 0 Å². The molecular formula is C11H12N6. The smallest absolute Gasteiger partial charge is 0.232 e. The van der Waals surface area contributed by atoms with E-state index in [0.29, 0.717) is 0 Å². The van der Waals surface area contributed by atoms with Crippen LogP contribution in [-0.2, 0) is 0 Å². The molecule has 1 aliphatic rings. The van der Waals surface area contributed by atoms with E-state index in [9.17, 15) is 0 Å². The molecule has 1 N–H and O–H groups in total. The van der Waals surface area contributed by atoms with Gasteiger partial charge in [-0.3, -0.25) is 4.40 Å². The fourth-order valence-electron chi connectivity index (χ4n) is 2.48. The van der Waals surface area contributed by atoms with Crippen molar-refractivity contribution in [3.05, 3.63) is 18.5 Å². The second-order valence-corrected chi connectivity index (χ2v) is 4.36. The summed E-state index contributed by atoms with van der Waals surface area (Å²) in [6.07, 6.45) is 6.11. The Morgan fingerprint density at radius 2 is 2.06 bits per heavy atom. The van der Waals surface area contributed by atoms with Crippen molar-refractivity contribution in [1.82, 2.24) is 24.6 Å². The number of H-pyrrole nitrogens is 1. The zero-order valence-corrected chi connectivity index (χ0v) is 9.30. The molecule has 6 nitrogen and oxygen atoms in total. The van der Waals surface area contributed by atoms with E-state index in [4.69, 9.17) is 0 Å². The second kappa shape index (κ2) is 3.19. The molecule has 0 unspecified atom stereocenters. The maximum Gasteiger partial charge on any atom is 0.232 e. The van der Waals surface area contributed by atoms with Gasteiger partial charge in [0.15, 0.2) is 11.3 Å². The predicted molar refractivity (Wildman–Crippen MR) is 64.1 cm³/mol. The Kier molecular flexibility index (Phi) is 1.69. The minimum atomic E-state index is 0.805. The lowest BCUT2D eigenvalue weighted by Gasteiger charge is -2.14. The standard InChI is InChI=1S/C11H12N6/c1-2-6-16(5-1)11-15-14-9-7-13-10-8(17(9)11)3-4-12-10/h3-4,7,12H,1-2,5-6H2. The lowest BCUT2D eigenvalue weighted by molar-refractivity contribution is 0.890. The van der Waals surface area contributed by atoms with Crippen molar-refractivity contribution < 1.29 is 0 Å². The summed E-state index contributed by atoms with van der Waals surface area (Å²) in [4.78, 5) is 9.71. The Balaban J connectivity index is 2.05. The van der Waals surface area contributed by atoms with Crippen LogP contribution in [0.1, 0.15) is 12.8 Å². The molecule has 4 heterocycles. The van der Waals surface area contributed by atoms with Gasteiger partial charge in [-0.15, -0.1) is 10.2 Å². The van der Waals surface area contributed by atoms with Crippen LogP contribution in [0, 0.1) is 0 Å². The molecule has 1 fully saturated rings. The topological polar surface area (TPSA) is 62.1 Å². The van der Waals surface area contributed by atoms with Gasteiger partial charge in [0.05, 0.1) is 11.7 Å². The van der Waals surface area contributed by atoms with E-state index in [2.05, 4.69) is 29.5 Å². The minimum absolute atomic E-state index is 0.805. The summed E-state index contributed by atoms with van der Waals surface area (Å²) < 4.78 is 2.07. The summed E-state index contributed by atoms with van der Waals surface area (Å²) in [6, 6.07) is 2.01. The largest absolute Gasteiger partial charge is 0.345 e. The molecule has 6 heteroatoms. The van der Waals surface area contributed by atoms with Crippen LogP contribution in [0.5, 0.6) is 0 Å². The Morgan fingerprint density at radius 3 is 2.94 bits per heavy atom. The zero-order chi connectivity index (χ0) is 11.2. The van der Waals surface area contributed by atoms with Crippen LogP contribution >= 0.6 is 0 Å². The Morgan fingerprint density at radius 1 is 1.18 bits per heavy atom. The molecule has 0 spiro atoms. The van der Waals surface area contributed by atoms with E-state index in [1.165, 1.54) is 12.8 Å². The molecule has 1 saturated heterocycles. The maximum absolute atomic E-state index is 4.31. The monoisotopic (exact) mass is 228 g/mol. The van der Waals surface area contributed by atoms with Gasteiger partial charge in [-0.25, -0.2) is 4.98 Å². The molecule has 1 aliphatic heterocycles. The number of aromatic nitrogens is 5. The Bertz CT molecular complexity index is 675. The van der Waals surface area contributed by atoms with Gasteiger partial charge in [0.2, 0.25) is 5.95 Å². The van der Waals surface area contributed by atoms with E-state index < -0.39 is 0 Å². The third kappa shape index (κ3) is 1.17. The highest BCUT2D eigenvalue weighted by Crippen LogP contribution is 2.22. The molecule has 17 heavy (non-hydrogen) atoms. The minimum Gasteiger partial charge on any atom is -0.345 e. The van der Waals surface area contributed by atoms with Gasteiger partial charge in [0, 0.05) is 19.3 Å². The van der Waals surface area contributed by atoms with Gasteiger partial charge in [-0.2, -0.15) is 0 Å². The van der Waals surface area contributed by atoms with Crippen LogP contribution in [0.4, 0.5) is 5.95 Å². The summed E-state index contributed by atoms with van der Waals surface area (Å²) >= 11 is 0. The molecule has 86 valence electrons. The molecule has 4 rings (SSSR count). The summed E-state index contributed by atoms with van der Waals surface area (Å²) in [7, 11) is 0. The number of fused-ring (bicyclic) bond motifs is 3. The van der Waals surface area contributed by atoms with Gasteiger partial charge in [0.1, 0.15) is 0 Å². The third-order valence-electron chi connectivity index (χ3n) is 3.31. The molecular weight excluding hydrogens is 216 g/mol. The molecule has 0 bridgehead atoms. The highest BCUT2D eigenvalue weighted by atomic mass is 15.4. The summed E-state index contributed by atoms with van der Waals surface area (Å²) in [5.41, 5.74) is 2.71. The van der Waals surface area contributed by atoms with Crippen LogP contribution in [-0.4, -0.2) is 37.7 Å². The van der Waals surface area contributed by atoms with Crippen molar-refractivity contribution in [2.24, 2.45) is 0 Å². The normalized spacial score (nSPS) is 16.4. The zero-order valence-electron chi connectivity index (χ0n) is 9.30. The molecule has 0 aliphatic carbocycles. The first-order valence-electron chi connectivity index (χ1n) is 5.86. The number of hydrogen-bond donors (Lipinski definition) is 1. The van der Waals surface area contributed by atoms with Gasteiger partial charge in [0.25, 0.3) is 0 Å². The number of anilines is 1. The fourth-order valence-corrected chi connectivity index (χ4v) is 2.48. The van der Waals surface area contributed by atoms with Crippen molar-refractivity contribution in [1.29, 1.82) is 0 Å². The third-order valence-corrected chi connectivity index (χ3v) is 3.31. The quantitative estimate of drug-likeness (QED) is 0.680. The summed E-state index contributed by atoms with van der Waals surface area (Å²) in [5, 5.41) is 8.48. The lowest BCUT2D eigenvalue weighted by Crippen LogP contribution is -2.20. The Hall–Kier alpha value is -2.11. The molecule has 3 aromatic rings. The highest BCUT2D eigenvalue weighted by molar-refractivity contribution is 5.76. The molecule has 0 radical (unpaired) electrons. The van der Waals surface area contributed by atoms with Gasteiger partial charge < -0.3 is 9.88 Å². The molecule has 0 atom stereocenters. The fraction of sp³-hybridized carbons (Fsp3) is 0.364. The van der Waals surface area contributed by atoms with Crippen LogP contribution in [0.2, 0.25) is 0 Å². The van der Waals surface area contributed by atoms with Gasteiger partial charge >= 0.3 is 0 Å². The van der Waals surface area contributed by atoms with Crippen molar-refractivity contribution >= 4 is 22.8 Å². The van der Waals surface area contributed by atoms with E-state index in [-0.39, 0.29) is 0 Å². The van der Waals surface area contributed by atoms with Crippen LogP contribution in [0.15, 0.2) is 18.5 Å². The SMILES string of the molecule is c1cc2c(ncc3nnc(N4CCCC4)n32)[nH]1. The average molecular weight is 228 g/mol. The van der Waals surface area contributed by atoms with Crippen LogP contribution in [0.3, 0.4) is 0 Å². The van der Waals surface area contributed by atoms with Gasteiger partial charge in [-0.05, 0) is 18.9 Å². The van der Waals surface area contributed by atoms with Crippen LogP contribution < -0.4 is 4.90 Å².